The van der Waals surface area contributed by atoms with E-state index in [0.29, 0.717) is 11.2 Å². The normalized spacial score (nSPS) is 23.1. The molecule has 1 fully saturated rings. The Morgan fingerprint density at radius 3 is 2.66 bits per heavy atom. The molecule has 4 rings (SSSR count). The predicted molar refractivity (Wildman–Crippen MR) is 138 cm³/mol. The maximum absolute atomic E-state index is 9.00. The van der Waals surface area contributed by atoms with E-state index in [1.54, 1.807) is 6.33 Å². The molecule has 184 valence electrons. The van der Waals surface area contributed by atoms with E-state index < -0.39 is 32.8 Å². The SMILES string of the molecule is CC(C)(C)[Si](C)(C)OC1[C@H](n2cnc3c(N)ncnc32)O[C@H](CN=[N+]=[N-])[C@H]1N=Cc1ccccc1. The molecule has 1 aliphatic rings. The zero-order valence-corrected chi connectivity index (χ0v) is 21.6. The highest BCUT2D eigenvalue weighted by molar-refractivity contribution is 6.74. The van der Waals surface area contributed by atoms with Gasteiger partial charge in [-0.25, -0.2) is 15.0 Å². The van der Waals surface area contributed by atoms with Gasteiger partial charge in [0.1, 0.15) is 24.0 Å². The van der Waals surface area contributed by atoms with Crippen LogP contribution in [0.4, 0.5) is 5.82 Å². The number of nitrogens with two attached hydrogens (primary N) is 1. The van der Waals surface area contributed by atoms with Gasteiger partial charge in [-0.3, -0.25) is 9.56 Å². The highest BCUT2D eigenvalue weighted by Crippen LogP contribution is 2.43. The molecule has 2 N–H and O–H groups in total. The summed E-state index contributed by atoms with van der Waals surface area (Å²) in [7, 11) is -2.26. The molecular formula is C23H31N9O2Si. The fourth-order valence-corrected chi connectivity index (χ4v) is 5.09. The van der Waals surface area contributed by atoms with E-state index in [1.807, 2.05) is 41.1 Å². The average molecular weight is 494 g/mol. The van der Waals surface area contributed by atoms with E-state index in [2.05, 4.69) is 58.8 Å². The van der Waals surface area contributed by atoms with Crippen LogP contribution in [-0.2, 0) is 9.16 Å². The van der Waals surface area contributed by atoms with E-state index in [-0.39, 0.29) is 17.4 Å². The van der Waals surface area contributed by atoms with Crippen molar-refractivity contribution in [2.75, 3.05) is 12.3 Å². The number of rotatable bonds is 7. The van der Waals surface area contributed by atoms with Crippen molar-refractivity contribution in [2.45, 2.75) is 63.4 Å². The van der Waals surface area contributed by atoms with Crippen LogP contribution < -0.4 is 5.73 Å². The van der Waals surface area contributed by atoms with Gasteiger partial charge in [0, 0.05) is 11.1 Å². The van der Waals surface area contributed by atoms with Crippen LogP contribution in [0.3, 0.4) is 0 Å². The summed E-state index contributed by atoms with van der Waals surface area (Å²) in [6.07, 6.45) is 3.28. The molecule has 0 saturated carbocycles. The van der Waals surface area contributed by atoms with E-state index in [4.69, 9.17) is 25.4 Å². The van der Waals surface area contributed by atoms with Crippen LogP contribution in [0.25, 0.3) is 21.6 Å². The number of aliphatic imine (C=N–C) groups is 1. The molecule has 3 heterocycles. The zero-order valence-electron chi connectivity index (χ0n) is 20.6. The predicted octanol–water partition coefficient (Wildman–Crippen LogP) is 4.49. The summed E-state index contributed by atoms with van der Waals surface area (Å²) in [5.41, 5.74) is 17.0. The zero-order chi connectivity index (χ0) is 25.2. The Morgan fingerprint density at radius 2 is 1.97 bits per heavy atom. The van der Waals surface area contributed by atoms with Crippen molar-refractivity contribution in [3.8, 4) is 0 Å². The van der Waals surface area contributed by atoms with Gasteiger partial charge in [-0.1, -0.05) is 56.2 Å². The van der Waals surface area contributed by atoms with Crippen LogP contribution in [0.2, 0.25) is 18.1 Å². The van der Waals surface area contributed by atoms with Crippen LogP contribution >= 0.6 is 0 Å². The second-order valence-corrected chi connectivity index (χ2v) is 14.8. The van der Waals surface area contributed by atoms with Gasteiger partial charge in [0.15, 0.2) is 26.0 Å². The molecule has 12 heteroatoms. The summed E-state index contributed by atoms with van der Waals surface area (Å²) in [6.45, 7) is 11.0. The van der Waals surface area contributed by atoms with Gasteiger partial charge in [0.25, 0.3) is 0 Å². The van der Waals surface area contributed by atoms with Gasteiger partial charge in [-0.15, -0.1) is 0 Å². The molecule has 1 aromatic carbocycles. The Morgan fingerprint density at radius 1 is 1.23 bits per heavy atom. The third-order valence-electron chi connectivity index (χ3n) is 6.73. The number of benzene rings is 1. The van der Waals surface area contributed by atoms with Crippen LogP contribution in [0.1, 0.15) is 32.6 Å². The molecule has 0 amide bonds. The lowest BCUT2D eigenvalue weighted by Crippen LogP contribution is -2.48. The molecule has 2 aromatic heterocycles. The molecular weight excluding hydrogens is 462 g/mol. The molecule has 1 unspecified atom stereocenters. The third-order valence-corrected chi connectivity index (χ3v) is 11.2. The first-order valence-corrected chi connectivity index (χ1v) is 14.4. The molecule has 0 spiro atoms. The number of imidazole rings is 1. The number of fused-ring (bicyclic) bond motifs is 1. The van der Waals surface area contributed by atoms with Crippen molar-refractivity contribution in [3.05, 3.63) is 59.0 Å². The maximum atomic E-state index is 9.00. The fourth-order valence-electron chi connectivity index (χ4n) is 3.80. The number of nitrogen functional groups attached to an aromatic ring is 1. The van der Waals surface area contributed by atoms with Crippen molar-refractivity contribution in [3.63, 3.8) is 0 Å². The van der Waals surface area contributed by atoms with Crippen molar-refractivity contribution >= 4 is 31.5 Å². The number of anilines is 1. The lowest BCUT2D eigenvalue weighted by Gasteiger charge is -2.40. The Hall–Kier alpha value is -3.31. The Balaban J connectivity index is 1.80. The quantitative estimate of drug-likeness (QED) is 0.168. The van der Waals surface area contributed by atoms with Crippen molar-refractivity contribution in [1.82, 2.24) is 19.5 Å². The van der Waals surface area contributed by atoms with Gasteiger partial charge >= 0.3 is 0 Å². The Kier molecular flexibility index (Phi) is 6.90. The van der Waals surface area contributed by atoms with E-state index in [1.165, 1.54) is 6.33 Å². The maximum Gasteiger partial charge on any atom is 0.192 e. The summed E-state index contributed by atoms with van der Waals surface area (Å²) < 4.78 is 15.2. The summed E-state index contributed by atoms with van der Waals surface area (Å²) in [6, 6.07) is 9.41. The smallest absolute Gasteiger partial charge is 0.192 e. The Labute approximate surface area is 205 Å². The number of hydrogen-bond acceptors (Lipinski definition) is 8. The molecule has 11 nitrogen and oxygen atoms in total. The lowest BCUT2D eigenvalue weighted by molar-refractivity contribution is -0.0285. The number of hydrogen-bond donors (Lipinski definition) is 1. The van der Waals surface area contributed by atoms with Crippen molar-refractivity contribution in [1.29, 1.82) is 0 Å². The first-order chi connectivity index (χ1) is 16.6. The topological polar surface area (TPSA) is 149 Å². The molecule has 0 aliphatic carbocycles. The molecule has 3 aromatic rings. The summed E-state index contributed by atoms with van der Waals surface area (Å²) in [4.78, 5) is 20.7. The molecule has 1 aliphatic heterocycles. The minimum absolute atomic E-state index is 0.0439. The molecule has 0 bridgehead atoms. The molecule has 35 heavy (non-hydrogen) atoms. The molecule has 0 radical (unpaired) electrons. The number of nitrogens with zero attached hydrogens (tertiary/aromatic N) is 8. The fraction of sp³-hybridized carbons (Fsp3) is 0.478. The van der Waals surface area contributed by atoms with Gasteiger partial charge in [-0.05, 0) is 29.2 Å². The number of azide groups is 1. The minimum atomic E-state index is -2.26. The Bertz CT molecular complexity index is 1250. The second-order valence-electron chi connectivity index (χ2n) is 10.1. The highest BCUT2D eigenvalue weighted by atomic mass is 28.4. The van der Waals surface area contributed by atoms with Crippen molar-refractivity contribution in [2.24, 2.45) is 10.1 Å². The third kappa shape index (κ3) is 5.05. The standard InChI is InChI=1S/C23H31N9O2Si/c1-23(2,3)35(4,5)34-19-17(26-11-15-9-7-6-8-10-15)16(12-30-31-25)33-22(19)32-14-29-18-20(24)27-13-28-21(18)32/h6-11,13-14,16-17,19,22H,12H2,1-5H3,(H2,24,27,28)/t16-,17-,19?,22-/m1/s1. The monoisotopic (exact) mass is 493 g/mol. The van der Waals surface area contributed by atoms with Gasteiger partial charge in [0.05, 0.1) is 19.0 Å². The first-order valence-electron chi connectivity index (χ1n) is 11.5. The summed E-state index contributed by atoms with van der Waals surface area (Å²) in [5, 5.41) is 3.75. The average Bonchev–Trinajstić information content (AvgIpc) is 3.38. The van der Waals surface area contributed by atoms with Gasteiger partial charge < -0.3 is 14.9 Å². The largest absolute Gasteiger partial charge is 0.407 e. The highest BCUT2D eigenvalue weighted by Gasteiger charge is 2.51. The number of ether oxygens (including phenoxy) is 1. The molecule has 1 saturated heterocycles. The molecule has 4 atom stereocenters. The van der Waals surface area contributed by atoms with Crippen LogP contribution in [0, 0.1) is 0 Å². The van der Waals surface area contributed by atoms with Crippen LogP contribution in [-0.4, -0.2) is 58.8 Å². The van der Waals surface area contributed by atoms with E-state index in [9.17, 15) is 0 Å². The van der Waals surface area contributed by atoms with Crippen molar-refractivity contribution < 1.29 is 9.16 Å². The van der Waals surface area contributed by atoms with Gasteiger partial charge in [0.2, 0.25) is 0 Å². The lowest BCUT2D eigenvalue weighted by atomic mass is 10.1. The van der Waals surface area contributed by atoms with Crippen LogP contribution in [0.15, 0.2) is 53.1 Å². The summed E-state index contributed by atoms with van der Waals surface area (Å²) >= 11 is 0. The first kappa shape index (κ1) is 24.8. The summed E-state index contributed by atoms with van der Waals surface area (Å²) in [5.74, 6) is 0.290. The van der Waals surface area contributed by atoms with Crippen LogP contribution in [0.5, 0.6) is 0 Å². The van der Waals surface area contributed by atoms with E-state index >= 15 is 0 Å². The number of aromatic nitrogens is 4. The minimum Gasteiger partial charge on any atom is -0.407 e. The van der Waals surface area contributed by atoms with Gasteiger partial charge in [-0.2, -0.15) is 0 Å². The second kappa shape index (κ2) is 9.74. The van der Waals surface area contributed by atoms with E-state index in [0.717, 1.165) is 5.56 Å².